The van der Waals surface area contributed by atoms with E-state index in [0.717, 1.165) is 18.0 Å². The quantitative estimate of drug-likeness (QED) is 0.666. The second-order valence-electron chi connectivity index (χ2n) is 7.43. The van der Waals surface area contributed by atoms with Gasteiger partial charge in [-0.15, -0.1) is 5.10 Å². The lowest BCUT2D eigenvalue weighted by Gasteiger charge is -2.17. The van der Waals surface area contributed by atoms with Gasteiger partial charge < -0.3 is 19.5 Å². The van der Waals surface area contributed by atoms with Crippen LogP contribution >= 0.6 is 0 Å². The molecular formula is C22H24N4O3. The van der Waals surface area contributed by atoms with E-state index in [0.29, 0.717) is 19.8 Å². The average molecular weight is 392 g/mol. The minimum atomic E-state index is -0.0205. The molecule has 3 heterocycles. The van der Waals surface area contributed by atoms with E-state index in [1.807, 2.05) is 47.3 Å². The summed E-state index contributed by atoms with van der Waals surface area (Å²) in [5.41, 5.74) is 2.04. The van der Waals surface area contributed by atoms with Crippen LogP contribution in [0.1, 0.15) is 17.3 Å². The van der Waals surface area contributed by atoms with Crippen molar-refractivity contribution < 1.29 is 14.2 Å². The monoisotopic (exact) mass is 392 g/mol. The summed E-state index contributed by atoms with van der Waals surface area (Å²) in [4.78, 5) is 0. The van der Waals surface area contributed by atoms with Gasteiger partial charge in [0.25, 0.3) is 0 Å². The van der Waals surface area contributed by atoms with Crippen LogP contribution in [0.2, 0.25) is 0 Å². The molecule has 1 N–H and O–H groups in total. The Bertz CT molecular complexity index is 918. The number of para-hydroxylation sites is 1. The van der Waals surface area contributed by atoms with Crippen LogP contribution in [-0.4, -0.2) is 46.5 Å². The lowest BCUT2D eigenvalue weighted by Crippen LogP contribution is -2.40. The van der Waals surface area contributed by atoms with Crippen molar-refractivity contribution in [3.05, 3.63) is 78.1 Å². The molecule has 0 bridgehead atoms. The average Bonchev–Trinajstić information content (AvgIpc) is 3.49. The van der Waals surface area contributed by atoms with Gasteiger partial charge in [-0.25, -0.2) is 4.68 Å². The second-order valence-corrected chi connectivity index (χ2v) is 7.43. The Morgan fingerprint density at radius 1 is 0.966 bits per heavy atom. The summed E-state index contributed by atoms with van der Waals surface area (Å²) >= 11 is 0. The van der Waals surface area contributed by atoms with Crippen LogP contribution in [0, 0.1) is 0 Å². The van der Waals surface area contributed by atoms with E-state index in [-0.39, 0.29) is 24.3 Å². The van der Waals surface area contributed by atoms with Gasteiger partial charge in [-0.05, 0) is 17.7 Å². The van der Waals surface area contributed by atoms with Gasteiger partial charge in [-0.3, -0.25) is 0 Å². The summed E-state index contributed by atoms with van der Waals surface area (Å²) in [6, 6.07) is 20.3. The van der Waals surface area contributed by atoms with Gasteiger partial charge in [0, 0.05) is 6.54 Å². The van der Waals surface area contributed by atoms with Gasteiger partial charge in [-0.1, -0.05) is 53.7 Å². The highest BCUT2D eigenvalue weighted by Crippen LogP contribution is 2.34. The third kappa shape index (κ3) is 4.03. The van der Waals surface area contributed by atoms with Crippen molar-refractivity contribution in [1.82, 2.24) is 20.3 Å². The molecule has 2 aliphatic heterocycles. The highest BCUT2D eigenvalue weighted by molar-refractivity contribution is 5.21. The van der Waals surface area contributed by atoms with E-state index in [1.165, 1.54) is 5.56 Å². The predicted molar refractivity (Wildman–Crippen MR) is 106 cm³/mol. The largest absolute Gasteiger partial charge is 0.487 e. The van der Waals surface area contributed by atoms with Gasteiger partial charge in [0.15, 0.2) is 0 Å². The smallest absolute Gasteiger partial charge is 0.134 e. The van der Waals surface area contributed by atoms with Crippen LogP contribution in [0.25, 0.3) is 0 Å². The third-order valence-corrected chi connectivity index (χ3v) is 5.47. The molecule has 4 atom stereocenters. The second kappa shape index (κ2) is 8.32. The number of hydrogen-bond acceptors (Lipinski definition) is 6. The van der Waals surface area contributed by atoms with Crippen LogP contribution < -0.4 is 10.1 Å². The number of ether oxygens (including phenoxy) is 3. The van der Waals surface area contributed by atoms with E-state index in [2.05, 4.69) is 39.9 Å². The van der Waals surface area contributed by atoms with E-state index in [4.69, 9.17) is 14.2 Å². The fraction of sp³-hybridized carbons (Fsp3) is 0.364. The molecule has 150 valence electrons. The van der Waals surface area contributed by atoms with Crippen molar-refractivity contribution >= 4 is 0 Å². The maximum Gasteiger partial charge on any atom is 0.134 e. The number of fused-ring (bicyclic) bond motifs is 1. The Kier molecular flexibility index (Phi) is 5.25. The number of benzene rings is 2. The van der Waals surface area contributed by atoms with Gasteiger partial charge in [-0.2, -0.15) is 0 Å². The van der Waals surface area contributed by atoms with Crippen LogP contribution in [-0.2, 0) is 22.6 Å². The van der Waals surface area contributed by atoms with E-state index >= 15 is 0 Å². The molecule has 0 amide bonds. The Morgan fingerprint density at radius 2 is 1.72 bits per heavy atom. The summed E-state index contributed by atoms with van der Waals surface area (Å²) in [7, 11) is 0. The molecule has 0 unspecified atom stereocenters. The van der Waals surface area contributed by atoms with Crippen LogP contribution in [0.4, 0.5) is 0 Å². The van der Waals surface area contributed by atoms with Gasteiger partial charge in [0.2, 0.25) is 0 Å². The molecular weight excluding hydrogens is 368 g/mol. The summed E-state index contributed by atoms with van der Waals surface area (Å²) < 4.78 is 19.8. The van der Waals surface area contributed by atoms with Crippen LogP contribution in [0.15, 0.2) is 66.9 Å². The molecule has 2 saturated heterocycles. The van der Waals surface area contributed by atoms with Crippen molar-refractivity contribution in [2.45, 2.75) is 37.4 Å². The van der Waals surface area contributed by atoms with Crippen molar-refractivity contribution in [2.75, 3.05) is 13.2 Å². The Hall–Kier alpha value is -2.74. The molecule has 7 heteroatoms. The number of nitrogens with zero attached hydrogens (tertiary/aromatic N) is 3. The highest BCUT2D eigenvalue weighted by Gasteiger charge is 2.48. The first-order valence-corrected chi connectivity index (χ1v) is 9.96. The molecule has 3 aromatic rings. The summed E-state index contributed by atoms with van der Waals surface area (Å²) in [5, 5.41) is 12.1. The molecule has 0 saturated carbocycles. The lowest BCUT2D eigenvalue weighted by molar-refractivity contribution is 0.0619. The maximum absolute atomic E-state index is 6.08. The third-order valence-electron chi connectivity index (χ3n) is 5.47. The van der Waals surface area contributed by atoms with Gasteiger partial charge in [0.1, 0.15) is 36.3 Å². The predicted octanol–water partition coefficient (Wildman–Crippen LogP) is 2.35. The zero-order valence-corrected chi connectivity index (χ0v) is 16.1. The lowest BCUT2D eigenvalue weighted by atomic mass is 10.1. The SMILES string of the molecule is c1ccc(CN[C@H]2CO[C@H]3[C@@H]2OC[C@@H]3n2cc(COc3ccccc3)nn2)cc1. The van der Waals surface area contributed by atoms with Crippen molar-refractivity contribution in [2.24, 2.45) is 0 Å². The minimum Gasteiger partial charge on any atom is -0.487 e. The first-order chi connectivity index (χ1) is 14.4. The van der Waals surface area contributed by atoms with Crippen LogP contribution in [0.3, 0.4) is 0 Å². The van der Waals surface area contributed by atoms with Crippen molar-refractivity contribution in [1.29, 1.82) is 0 Å². The molecule has 2 fully saturated rings. The molecule has 0 spiro atoms. The van der Waals surface area contributed by atoms with E-state index in [1.54, 1.807) is 0 Å². The van der Waals surface area contributed by atoms with Gasteiger partial charge in [0.05, 0.1) is 25.5 Å². The molecule has 0 radical (unpaired) electrons. The number of nitrogens with one attached hydrogen (secondary N) is 1. The Labute approximate surface area is 169 Å². The Balaban J connectivity index is 1.18. The zero-order chi connectivity index (χ0) is 19.5. The standard InChI is InChI=1S/C22H24N4O3/c1-3-7-16(8-4-1)11-23-19-14-28-22-20(15-29-21(19)22)26-12-17(24-25-26)13-27-18-9-5-2-6-10-18/h1-10,12,19-23H,11,13-15H2/t19-,20-,21+,22+/m0/s1. The molecule has 2 aromatic carbocycles. The first kappa shape index (κ1) is 18.3. The molecule has 5 rings (SSSR count). The topological polar surface area (TPSA) is 70.4 Å². The number of aromatic nitrogens is 3. The normalized spacial score (nSPS) is 25.8. The Morgan fingerprint density at radius 3 is 2.55 bits per heavy atom. The van der Waals surface area contributed by atoms with Crippen molar-refractivity contribution in [3.8, 4) is 5.75 Å². The number of hydrogen-bond donors (Lipinski definition) is 1. The first-order valence-electron chi connectivity index (χ1n) is 9.96. The number of rotatable bonds is 7. The zero-order valence-electron chi connectivity index (χ0n) is 16.1. The fourth-order valence-corrected chi connectivity index (χ4v) is 3.94. The molecule has 29 heavy (non-hydrogen) atoms. The minimum absolute atomic E-state index is 0.0205. The molecule has 0 aliphatic carbocycles. The molecule has 7 nitrogen and oxygen atoms in total. The summed E-state index contributed by atoms with van der Waals surface area (Å²) in [6.07, 6.45) is 1.93. The van der Waals surface area contributed by atoms with Crippen molar-refractivity contribution in [3.63, 3.8) is 0 Å². The van der Waals surface area contributed by atoms with Crippen LogP contribution in [0.5, 0.6) is 5.75 Å². The van der Waals surface area contributed by atoms with Gasteiger partial charge >= 0.3 is 0 Å². The summed E-state index contributed by atoms with van der Waals surface area (Å²) in [5.74, 6) is 0.817. The highest BCUT2D eigenvalue weighted by atomic mass is 16.6. The van der Waals surface area contributed by atoms with E-state index in [9.17, 15) is 0 Å². The molecule has 2 aliphatic rings. The van der Waals surface area contributed by atoms with E-state index < -0.39 is 0 Å². The fourth-order valence-electron chi connectivity index (χ4n) is 3.94. The molecule has 1 aromatic heterocycles. The maximum atomic E-state index is 6.08. The summed E-state index contributed by atoms with van der Waals surface area (Å²) in [6.45, 7) is 2.39.